The normalized spacial score (nSPS) is 19.9. The average Bonchev–Trinajstić information content (AvgIpc) is 2.79. The van der Waals surface area contributed by atoms with Crippen LogP contribution < -0.4 is 10.1 Å². The number of ether oxygens (including phenoxy) is 1. The average molecular weight is 288 g/mol. The minimum atomic E-state index is 1.10. The number of fused-ring (bicyclic) bond motifs is 1. The molecule has 1 aliphatic carbocycles. The van der Waals surface area contributed by atoms with Gasteiger partial charge in [0.1, 0.15) is 5.75 Å². The molecule has 21 heavy (non-hydrogen) atoms. The Kier molecular flexibility index (Phi) is 5.15. The van der Waals surface area contributed by atoms with Crippen molar-refractivity contribution in [2.24, 2.45) is 0 Å². The van der Waals surface area contributed by atoms with Gasteiger partial charge in [-0.1, -0.05) is 12.5 Å². The molecular formula is C18H28N2O. The highest BCUT2D eigenvalue weighted by atomic mass is 16.5. The van der Waals surface area contributed by atoms with Crippen molar-refractivity contribution in [3.63, 3.8) is 0 Å². The van der Waals surface area contributed by atoms with Gasteiger partial charge in [0.15, 0.2) is 0 Å². The quantitative estimate of drug-likeness (QED) is 0.861. The van der Waals surface area contributed by atoms with E-state index in [1.165, 1.54) is 50.8 Å². The summed E-state index contributed by atoms with van der Waals surface area (Å²) in [5.41, 5.74) is 4.65. The zero-order valence-electron chi connectivity index (χ0n) is 13.3. The minimum absolute atomic E-state index is 1.10. The van der Waals surface area contributed by atoms with Crippen molar-refractivity contribution in [2.75, 3.05) is 39.8 Å². The van der Waals surface area contributed by atoms with Gasteiger partial charge < -0.3 is 15.0 Å². The minimum Gasteiger partial charge on any atom is -0.496 e. The fourth-order valence-electron chi connectivity index (χ4n) is 3.73. The molecule has 116 valence electrons. The third-order valence-corrected chi connectivity index (χ3v) is 4.97. The number of hydrogen-bond donors (Lipinski definition) is 1. The van der Waals surface area contributed by atoms with Gasteiger partial charge in [0.2, 0.25) is 0 Å². The van der Waals surface area contributed by atoms with E-state index in [-0.39, 0.29) is 0 Å². The summed E-state index contributed by atoms with van der Waals surface area (Å²) in [7, 11) is 1.81. The number of piperazine rings is 1. The summed E-state index contributed by atoms with van der Waals surface area (Å²) in [4.78, 5) is 2.58. The van der Waals surface area contributed by atoms with Crippen LogP contribution in [0.25, 0.3) is 0 Å². The van der Waals surface area contributed by atoms with Crippen LogP contribution in [0.2, 0.25) is 0 Å². The van der Waals surface area contributed by atoms with E-state index < -0.39 is 0 Å². The molecule has 0 spiro atoms. The molecule has 2 aliphatic rings. The molecule has 3 nitrogen and oxygen atoms in total. The molecule has 0 saturated carbocycles. The molecule has 1 saturated heterocycles. The molecule has 3 heteroatoms. The zero-order valence-corrected chi connectivity index (χ0v) is 13.3. The second-order valence-electron chi connectivity index (χ2n) is 6.29. The first-order valence-electron chi connectivity index (χ1n) is 8.49. The summed E-state index contributed by atoms with van der Waals surface area (Å²) >= 11 is 0. The van der Waals surface area contributed by atoms with E-state index in [9.17, 15) is 0 Å². The van der Waals surface area contributed by atoms with Gasteiger partial charge >= 0.3 is 0 Å². The van der Waals surface area contributed by atoms with Crippen molar-refractivity contribution in [2.45, 2.75) is 38.5 Å². The Labute approximate surface area is 128 Å². The second kappa shape index (κ2) is 7.28. The van der Waals surface area contributed by atoms with Crippen LogP contribution in [0.1, 0.15) is 36.0 Å². The summed E-state index contributed by atoms with van der Waals surface area (Å²) in [5.74, 6) is 1.10. The van der Waals surface area contributed by atoms with E-state index in [4.69, 9.17) is 4.74 Å². The molecule has 0 aromatic heterocycles. The van der Waals surface area contributed by atoms with Gasteiger partial charge in [0.05, 0.1) is 7.11 Å². The largest absolute Gasteiger partial charge is 0.496 e. The topological polar surface area (TPSA) is 24.5 Å². The van der Waals surface area contributed by atoms with Gasteiger partial charge in [-0.3, -0.25) is 0 Å². The van der Waals surface area contributed by atoms with Crippen molar-refractivity contribution >= 4 is 0 Å². The predicted molar refractivity (Wildman–Crippen MR) is 87.3 cm³/mol. The van der Waals surface area contributed by atoms with Gasteiger partial charge in [-0.15, -0.1) is 0 Å². The highest BCUT2D eigenvalue weighted by Crippen LogP contribution is 2.31. The molecule has 0 unspecified atom stereocenters. The number of benzene rings is 1. The lowest BCUT2D eigenvalue weighted by molar-refractivity contribution is 0.243. The van der Waals surface area contributed by atoms with Crippen LogP contribution >= 0.6 is 0 Å². The van der Waals surface area contributed by atoms with Crippen molar-refractivity contribution in [3.8, 4) is 5.75 Å². The number of nitrogens with zero attached hydrogens (tertiary/aromatic N) is 1. The molecule has 0 radical (unpaired) electrons. The van der Waals surface area contributed by atoms with E-state index in [2.05, 4.69) is 22.3 Å². The lowest BCUT2D eigenvalue weighted by Crippen LogP contribution is -2.44. The number of aryl methyl sites for hydroxylation is 1. The van der Waals surface area contributed by atoms with Crippen molar-refractivity contribution in [1.82, 2.24) is 10.2 Å². The predicted octanol–water partition coefficient (Wildman–Crippen LogP) is 2.41. The van der Waals surface area contributed by atoms with Gasteiger partial charge in [-0.05, 0) is 54.9 Å². The number of methoxy groups -OCH3 is 1. The fourth-order valence-corrected chi connectivity index (χ4v) is 3.73. The molecule has 1 heterocycles. The summed E-state index contributed by atoms with van der Waals surface area (Å²) < 4.78 is 5.66. The van der Waals surface area contributed by atoms with E-state index >= 15 is 0 Å². The smallest absolute Gasteiger partial charge is 0.122 e. The third-order valence-electron chi connectivity index (χ3n) is 4.97. The highest BCUT2D eigenvalue weighted by molar-refractivity contribution is 5.46. The van der Waals surface area contributed by atoms with Crippen LogP contribution in [-0.4, -0.2) is 44.7 Å². The van der Waals surface area contributed by atoms with Crippen LogP contribution in [0.4, 0.5) is 0 Å². The lowest BCUT2D eigenvalue weighted by atomic mass is 9.94. The molecule has 1 aliphatic heterocycles. The lowest BCUT2D eigenvalue weighted by Gasteiger charge is -2.28. The number of nitrogens with one attached hydrogen (secondary N) is 1. The number of rotatable bonds is 4. The molecule has 1 aromatic rings. The Bertz CT molecular complexity index is 467. The maximum atomic E-state index is 5.66. The Morgan fingerprint density at radius 2 is 1.90 bits per heavy atom. The van der Waals surface area contributed by atoms with Crippen molar-refractivity contribution < 1.29 is 4.74 Å². The monoisotopic (exact) mass is 288 g/mol. The Hall–Kier alpha value is -1.06. The fraction of sp³-hybridized carbons (Fsp3) is 0.667. The highest BCUT2D eigenvalue weighted by Gasteiger charge is 2.17. The van der Waals surface area contributed by atoms with Gasteiger partial charge in [0, 0.05) is 32.7 Å². The van der Waals surface area contributed by atoms with Crippen LogP contribution in [0, 0.1) is 0 Å². The van der Waals surface area contributed by atoms with Gasteiger partial charge in [-0.2, -0.15) is 0 Å². The number of hydrogen-bond acceptors (Lipinski definition) is 3. The van der Waals surface area contributed by atoms with Crippen LogP contribution in [0.3, 0.4) is 0 Å². The van der Waals surface area contributed by atoms with Gasteiger partial charge in [-0.25, -0.2) is 0 Å². The van der Waals surface area contributed by atoms with E-state index in [0.717, 1.165) is 31.8 Å². The zero-order chi connectivity index (χ0) is 14.5. The molecule has 1 aromatic carbocycles. The summed E-state index contributed by atoms with van der Waals surface area (Å²) in [5, 5.41) is 3.43. The summed E-state index contributed by atoms with van der Waals surface area (Å²) in [6.45, 7) is 5.78. The third kappa shape index (κ3) is 3.58. The first kappa shape index (κ1) is 14.9. The SMILES string of the molecule is COc1ccc2c(c1CCN1CCNCC1)CCCCC2. The molecule has 1 N–H and O–H groups in total. The maximum absolute atomic E-state index is 5.66. The van der Waals surface area contributed by atoms with Crippen molar-refractivity contribution in [1.29, 1.82) is 0 Å². The summed E-state index contributed by atoms with van der Waals surface area (Å²) in [6.07, 6.45) is 7.67. The van der Waals surface area contributed by atoms with E-state index in [0.29, 0.717) is 0 Å². The standard InChI is InChI=1S/C18H28N2O/c1-21-18-8-7-15-5-3-2-4-6-16(15)17(18)9-12-20-13-10-19-11-14-20/h7-8,19H,2-6,9-14H2,1H3. The molecular weight excluding hydrogens is 260 g/mol. The van der Waals surface area contributed by atoms with Gasteiger partial charge in [0.25, 0.3) is 0 Å². The maximum Gasteiger partial charge on any atom is 0.122 e. The summed E-state index contributed by atoms with van der Waals surface area (Å²) in [6, 6.07) is 4.49. The van der Waals surface area contributed by atoms with Crippen LogP contribution in [-0.2, 0) is 19.3 Å². The van der Waals surface area contributed by atoms with E-state index in [1.807, 2.05) is 7.11 Å². The Morgan fingerprint density at radius 3 is 2.71 bits per heavy atom. The Balaban J connectivity index is 1.77. The van der Waals surface area contributed by atoms with Crippen molar-refractivity contribution in [3.05, 3.63) is 28.8 Å². The second-order valence-corrected chi connectivity index (χ2v) is 6.29. The molecule has 3 rings (SSSR count). The molecule has 1 fully saturated rings. The molecule has 0 amide bonds. The van der Waals surface area contributed by atoms with E-state index in [1.54, 1.807) is 11.1 Å². The Morgan fingerprint density at radius 1 is 1.10 bits per heavy atom. The first-order chi connectivity index (χ1) is 10.4. The van der Waals surface area contributed by atoms with Crippen LogP contribution in [0.15, 0.2) is 12.1 Å². The molecule has 0 atom stereocenters. The molecule has 0 bridgehead atoms. The van der Waals surface area contributed by atoms with Crippen LogP contribution in [0.5, 0.6) is 5.75 Å². The first-order valence-corrected chi connectivity index (χ1v) is 8.49.